The van der Waals surface area contributed by atoms with E-state index in [2.05, 4.69) is 25.9 Å². The molecule has 3 aliphatic heterocycles. The van der Waals surface area contributed by atoms with E-state index in [-0.39, 0.29) is 23.8 Å². The zero-order chi connectivity index (χ0) is 17.3. The maximum Gasteiger partial charge on any atom is 0.292 e. The second-order valence-corrected chi connectivity index (χ2v) is 7.45. The van der Waals surface area contributed by atoms with Gasteiger partial charge in [-0.1, -0.05) is 25.9 Å². The van der Waals surface area contributed by atoms with Gasteiger partial charge in [0.25, 0.3) is 5.91 Å². The number of piperidine rings is 1. The van der Waals surface area contributed by atoms with Crippen molar-refractivity contribution in [1.29, 1.82) is 0 Å². The number of nitrogens with zero attached hydrogens (tertiary/aromatic N) is 3. The first kappa shape index (κ1) is 17.0. The van der Waals surface area contributed by atoms with Crippen LogP contribution in [0.3, 0.4) is 0 Å². The van der Waals surface area contributed by atoms with Crippen LogP contribution in [0, 0.1) is 11.8 Å². The topological polar surface area (TPSA) is 66.7 Å². The first-order chi connectivity index (χ1) is 11.5. The summed E-state index contributed by atoms with van der Waals surface area (Å²) in [6.45, 7) is 8.17. The number of hydrogen-bond donors (Lipinski definition) is 0. The molecular formula is C18H27N3O3. The van der Waals surface area contributed by atoms with Gasteiger partial charge in [-0.2, -0.15) is 0 Å². The first-order valence-corrected chi connectivity index (χ1v) is 9.05. The van der Waals surface area contributed by atoms with Crippen LogP contribution in [-0.4, -0.2) is 52.4 Å². The highest BCUT2D eigenvalue weighted by molar-refractivity contribution is 5.92. The summed E-state index contributed by atoms with van der Waals surface area (Å²) in [6, 6.07) is 1.89. The van der Waals surface area contributed by atoms with Gasteiger partial charge in [0.15, 0.2) is 0 Å². The lowest BCUT2D eigenvalue weighted by atomic mass is 9.94. The van der Waals surface area contributed by atoms with Crippen molar-refractivity contribution < 1.29 is 14.1 Å². The number of carbonyl (C=O) groups is 2. The van der Waals surface area contributed by atoms with Crippen molar-refractivity contribution in [1.82, 2.24) is 15.0 Å². The van der Waals surface area contributed by atoms with Crippen molar-refractivity contribution in [2.75, 3.05) is 19.6 Å². The zero-order valence-corrected chi connectivity index (χ0v) is 14.8. The molecule has 3 fully saturated rings. The quantitative estimate of drug-likeness (QED) is 0.829. The highest BCUT2D eigenvalue weighted by Crippen LogP contribution is 2.30. The maximum absolute atomic E-state index is 12.8. The molecule has 6 nitrogen and oxygen atoms in total. The van der Waals surface area contributed by atoms with Crippen LogP contribution >= 0.6 is 0 Å². The van der Waals surface area contributed by atoms with Gasteiger partial charge in [-0.25, -0.2) is 0 Å². The second-order valence-electron chi connectivity index (χ2n) is 7.45. The molecule has 1 aromatic rings. The van der Waals surface area contributed by atoms with E-state index >= 15 is 0 Å². The monoisotopic (exact) mass is 333 g/mol. The molecule has 0 aliphatic carbocycles. The molecule has 0 radical (unpaired) electrons. The van der Waals surface area contributed by atoms with Gasteiger partial charge in [-0.3, -0.25) is 9.59 Å². The fourth-order valence-corrected chi connectivity index (χ4v) is 3.82. The van der Waals surface area contributed by atoms with Gasteiger partial charge >= 0.3 is 0 Å². The Labute approximate surface area is 143 Å². The van der Waals surface area contributed by atoms with E-state index < -0.39 is 0 Å². The van der Waals surface area contributed by atoms with E-state index in [0.29, 0.717) is 24.8 Å². The molecule has 2 bridgehead atoms. The highest BCUT2D eigenvalue weighted by Gasteiger charge is 2.42. The van der Waals surface area contributed by atoms with Gasteiger partial charge in [0.2, 0.25) is 11.7 Å². The molecule has 3 aliphatic rings. The van der Waals surface area contributed by atoms with Crippen LogP contribution in [0.15, 0.2) is 10.6 Å². The number of amides is 2. The van der Waals surface area contributed by atoms with Crippen molar-refractivity contribution in [2.45, 2.75) is 52.5 Å². The number of carbonyl (C=O) groups excluding carboxylic acids is 2. The molecule has 0 N–H and O–H groups in total. The third-order valence-corrected chi connectivity index (χ3v) is 4.93. The van der Waals surface area contributed by atoms with Gasteiger partial charge in [-0.15, -0.1) is 0 Å². The Morgan fingerprint density at radius 3 is 2.88 bits per heavy atom. The molecule has 24 heavy (non-hydrogen) atoms. The predicted molar refractivity (Wildman–Crippen MR) is 89.5 cm³/mol. The maximum atomic E-state index is 12.8. The van der Waals surface area contributed by atoms with E-state index in [4.69, 9.17) is 4.52 Å². The second kappa shape index (κ2) is 6.95. The van der Waals surface area contributed by atoms with Gasteiger partial charge in [0.05, 0.1) is 11.6 Å². The summed E-state index contributed by atoms with van der Waals surface area (Å²) in [6.07, 6.45) is 3.60. The molecular weight excluding hydrogens is 306 g/mol. The molecule has 0 unspecified atom stereocenters. The Balaban J connectivity index is 1.74. The van der Waals surface area contributed by atoms with Crippen molar-refractivity contribution in [3.8, 4) is 0 Å². The number of hydrogen-bond acceptors (Lipinski definition) is 4. The smallest absolute Gasteiger partial charge is 0.292 e. The fraction of sp³-hybridized carbons (Fsp3) is 0.722. The molecule has 4 heterocycles. The van der Waals surface area contributed by atoms with Crippen LogP contribution < -0.4 is 0 Å². The first-order valence-electron chi connectivity index (χ1n) is 9.05. The molecule has 4 rings (SSSR count). The molecule has 3 saturated heterocycles. The minimum atomic E-state index is -0.138. The Bertz CT molecular complexity index is 610. The van der Waals surface area contributed by atoms with E-state index in [1.165, 1.54) is 0 Å². The highest BCUT2D eigenvalue weighted by atomic mass is 16.5. The molecule has 6 heteroatoms. The molecule has 132 valence electrons. The minimum absolute atomic E-state index is 0.0719. The minimum Gasteiger partial charge on any atom is -0.351 e. The van der Waals surface area contributed by atoms with E-state index in [1.54, 1.807) is 11.0 Å². The Morgan fingerprint density at radius 2 is 2.17 bits per heavy atom. The van der Waals surface area contributed by atoms with Gasteiger partial charge in [0, 0.05) is 31.7 Å². The summed E-state index contributed by atoms with van der Waals surface area (Å²) < 4.78 is 5.27. The molecule has 0 saturated carbocycles. The molecule has 1 aromatic heterocycles. The van der Waals surface area contributed by atoms with Gasteiger partial charge in [-0.05, 0) is 31.6 Å². The Hall–Kier alpha value is -1.85. The summed E-state index contributed by atoms with van der Waals surface area (Å²) in [5, 5.41) is 4.01. The van der Waals surface area contributed by atoms with Crippen LogP contribution in [0.5, 0.6) is 0 Å². The molecule has 2 atom stereocenters. The average molecular weight is 333 g/mol. The standard InChI is InChI=1S/C18H27N3O3/c1-4-7-21-15-6-5-13(17(21)22)10-20(11-15)18(23)16-9-14(19-24-16)8-12(2)3/h9,12-13,15H,4-8,10-11H2,1-3H3/t13-,15+/m0/s1. The third kappa shape index (κ3) is 3.32. The summed E-state index contributed by atoms with van der Waals surface area (Å²) >= 11 is 0. The Morgan fingerprint density at radius 1 is 1.38 bits per heavy atom. The van der Waals surface area contributed by atoms with E-state index in [0.717, 1.165) is 37.9 Å². The Kier molecular flexibility index (Phi) is 4.92. The lowest BCUT2D eigenvalue weighted by Gasteiger charge is -2.35. The van der Waals surface area contributed by atoms with E-state index in [9.17, 15) is 9.59 Å². The fourth-order valence-electron chi connectivity index (χ4n) is 3.82. The largest absolute Gasteiger partial charge is 0.351 e. The van der Waals surface area contributed by atoms with Crippen molar-refractivity contribution in [3.05, 3.63) is 17.5 Å². The van der Waals surface area contributed by atoms with Gasteiger partial charge in [0.1, 0.15) is 0 Å². The summed E-state index contributed by atoms with van der Waals surface area (Å²) in [5.41, 5.74) is 0.815. The average Bonchev–Trinajstić information content (AvgIpc) is 2.82. The third-order valence-electron chi connectivity index (χ3n) is 4.93. The normalized spacial score (nSPS) is 23.9. The number of rotatable bonds is 5. The van der Waals surface area contributed by atoms with Crippen LogP contribution in [-0.2, 0) is 11.2 Å². The van der Waals surface area contributed by atoms with E-state index in [1.807, 2.05) is 4.90 Å². The lowest BCUT2D eigenvalue weighted by molar-refractivity contribution is -0.139. The predicted octanol–water partition coefficient (Wildman–Crippen LogP) is 2.35. The lowest BCUT2D eigenvalue weighted by Crippen LogP contribution is -2.48. The van der Waals surface area contributed by atoms with Crippen LogP contribution in [0.2, 0.25) is 0 Å². The van der Waals surface area contributed by atoms with Crippen molar-refractivity contribution in [2.24, 2.45) is 11.8 Å². The van der Waals surface area contributed by atoms with Crippen molar-refractivity contribution >= 4 is 11.8 Å². The van der Waals surface area contributed by atoms with Crippen molar-refractivity contribution in [3.63, 3.8) is 0 Å². The summed E-state index contributed by atoms with van der Waals surface area (Å²) in [5.74, 6) is 0.757. The van der Waals surface area contributed by atoms with Crippen LogP contribution in [0.25, 0.3) is 0 Å². The molecule has 0 aromatic carbocycles. The molecule has 2 amide bonds. The van der Waals surface area contributed by atoms with Crippen LogP contribution in [0.4, 0.5) is 0 Å². The number of fused-ring (bicyclic) bond motifs is 4. The summed E-state index contributed by atoms with van der Waals surface area (Å²) in [7, 11) is 0. The zero-order valence-electron chi connectivity index (χ0n) is 14.8. The van der Waals surface area contributed by atoms with Gasteiger partial charge < -0.3 is 14.3 Å². The number of aromatic nitrogens is 1. The molecule has 0 spiro atoms. The SMILES string of the molecule is CCCN1C(=O)[C@H]2CC[C@@H]1CN(C(=O)c1cc(CC(C)C)no1)C2. The summed E-state index contributed by atoms with van der Waals surface area (Å²) in [4.78, 5) is 29.1. The van der Waals surface area contributed by atoms with Crippen LogP contribution in [0.1, 0.15) is 56.3 Å².